The number of rotatable bonds is 9. The molecule has 0 radical (unpaired) electrons. The fourth-order valence-electron chi connectivity index (χ4n) is 2.91. The van der Waals surface area contributed by atoms with Crippen molar-refractivity contribution in [3.8, 4) is 5.75 Å². The van der Waals surface area contributed by atoms with Gasteiger partial charge in [-0.25, -0.2) is 9.07 Å². The van der Waals surface area contributed by atoms with E-state index in [1.54, 1.807) is 17.9 Å². The number of hydrogen-bond donors (Lipinski definition) is 1. The number of nitrogens with zero attached hydrogens (tertiary/aromatic N) is 2. The zero-order chi connectivity index (χ0) is 22.2. The first kappa shape index (κ1) is 22.5. The molecule has 0 bridgehead atoms. The van der Waals surface area contributed by atoms with Crippen molar-refractivity contribution < 1.29 is 18.7 Å². The van der Waals surface area contributed by atoms with Gasteiger partial charge in [0.25, 0.3) is 0 Å². The average Bonchev–Trinajstić information content (AvgIpc) is 3.01. The van der Waals surface area contributed by atoms with Crippen molar-refractivity contribution in [2.24, 2.45) is 0 Å². The van der Waals surface area contributed by atoms with Crippen LogP contribution in [0.4, 0.5) is 10.1 Å². The molecule has 1 aromatic heterocycles. The average molecular weight is 444 g/mol. The van der Waals surface area contributed by atoms with E-state index in [1.807, 2.05) is 37.3 Å². The van der Waals surface area contributed by atoms with Crippen molar-refractivity contribution >= 4 is 29.3 Å². The van der Waals surface area contributed by atoms with E-state index in [0.29, 0.717) is 35.3 Å². The summed E-state index contributed by atoms with van der Waals surface area (Å²) in [6, 6.07) is 13.7. The number of aryl methyl sites for hydroxylation is 1. The Kier molecular flexibility index (Phi) is 7.81. The van der Waals surface area contributed by atoms with Crippen LogP contribution < -0.4 is 10.1 Å². The van der Waals surface area contributed by atoms with Crippen molar-refractivity contribution in [1.82, 2.24) is 9.78 Å². The van der Waals surface area contributed by atoms with E-state index >= 15 is 0 Å². The van der Waals surface area contributed by atoms with E-state index in [0.717, 1.165) is 5.56 Å². The molecule has 3 rings (SSSR count). The number of halogens is 2. The molecule has 1 amide bonds. The number of carbonyl (C=O) groups is 1. The second-order valence-corrected chi connectivity index (χ2v) is 7.10. The number of benzene rings is 2. The van der Waals surface area contributed by atoms with Crippen LogP contribution in [0.15, 0.2) is 54.6 Å². The number of methoxy groups -OCH3 is 1. The van der Waals surface area contributed by atoms with Gasteiger partial charge in [0, 0.05) is 24.8 Å². The summed E-state index contributed by atoms with van der Waals surface area (Å²) in [5.41, 5.74) is 2.63. The topological polar surface area (TPSA) is 65.4 Å². The summed E-state index contributed by atoms with van der Waals surface area (Å²) in [5.74, 6) is -0.585. The Bertz CT molecular complexity index is 1070. The minimum absolute atomic E-state index is 0.230. The predicted molar refractivity (Wildman–Crippen MR) is 119 cm³/mol. The van der Waals surface area contributed by atoms with E-state index in [9.17, 15) is 9.18 Å². The molecule has 8 heteroatoms. The summed E-state index contributed by atoms with van der Waals surface area (Å²) in [4.78, 5) is 12.4. The fraction of sp³-hybridized carbons (Fsp3) is 0.217. The van der Waals surface area contributed by atoms with E-state index in [2.05, 4.69) is 10.4 Å². The second-order valence-electron chi connectivity index (χ2n) is 6.74. The van der Waals surface area contributed by atoms with E-state index in [1.165, 1.54) is 24.3 Å². The van der Waals surface area contributed by atoms with E-state index in [-0.39, 0.29) is 12.3 Å². The molecule has 0 unspecified atom stereocenters. The van der Waals surface area contributed by atoms with Gasteiger partial charge in [-0.05, 0) is 30.7 Å². The largest absolute Gasteiger partial charge is 0.489 e. The third-order valence-electron chi connectivity index (χ3n) is 4.43. The lowest BCUT2D eigenvalue weighted by Gasteiger charge is -2.11. The standard InChI is InChI=1S/C23H23ClFN3O3/c1-16-19(23(24)28(27-16)15-17-6-4-3-5-7-17)9-11-22(29)26-20-14-18(25)8-10-21(20)31-13-12-30-2/h3-11,14H,12-13,15H2,1-2H3,(H,26,29). The highest BCUT2D eigenvalue weighted by Crippen LogP contribution is 2.26. The SMILES string of the molecule is COCCOc1ccc(F)cc1NC(=O)C=Cc1c(C)nn(Cc2ccccc2)c1Cl. The van der Waals surface area contributed by atoms with E-state index in [4.69, 9.17) is 21.1 Å². The van der Waals surface area contributed by atoms with Crippen LogP contribution in [-0.4, -0.2) is 36.0 Å². The first-order chi connectivity index (χ1) is 15.0. The van der Waals surface area contributed by atoms with Crippen LogP contribution in [0, 0.1) is 12.7 Å². The van der Waals surface area contributed by atoms with Gasteiger partial charge in [0.05, 0.1) is 24.5 Å². The first-order valence-electron chi connectivity index (χ1n) is 9.65. The zero-order valence-corrected chi connectivity index (χ0v) is 18.0. The molecular formula is C23H23ClFN3O3. The van der Waals surface area contributed by atoms with Crippen molar-refractivity contribution in [3.63, 3.8) is 0 Å². The quantitative estimate of drug-likeness (QED) is 0.384. The highest BCUT2D eigenvalue weighted by Gasteiger charge is 2.13. The molecule has 0 aliphatic heterocycles. The summed E-state index contributed by atoms with van der Waals surface area (Å²) in [7, 11) is 1.55. The molecule has 162 valence electrons. The number of amides is 1. The Balaban J connectivity index is 1.71. The Morgan fingerprint density at radius 2 is 2.00 bits per heavy atom. The lowest BCUT2D eigenvalue weighted by molar-refractivity contribution is -0.111. The number of hydrogen-bond acceptors (Lipinski definition) is 4. The molecule has 0 saturated carbocycles. The molecule has 3 aromatic rings. The normalized spacial score (nSPS) is 11.1. The molecule has 0 fully saturated rings. The van der Waals surface area contributed by atoms with Crippen molar-refractivity contribution in [1.29, 1.82) is 0 Å². The van der Waals surface area contributed by atoms with Crippen LogP contribution >= 0.6 is 11.6 Å². The maximum absolute atomic E-state index is 13.6. The van der Waals surface area contributed by atoms with Crippen LogP contribution in [0.2, 0.25) is 5.15 Å². The fourth-order valence-corrected chi connectivity index (χ4v) is 3.21. The minimum Gasteiger partial charge on any atom is -0.489 e. The molecule has 1 N–H and O–H groups in total. The third-order valence-corrected chi connectivity index (χ3v) is 4.83. The predicted octanol–water partition coefficient (Wildman–Crippen LogP) is 4.71. The van der Waals surface area contributed by atoms with Crippen LogP contribution in [0.1, 0.15) is 16.8 Å². The Morgan fingerprint density at radius 1 is 1.23 bits per heavy atom. The molecule has 0 spiro atoms. The summed E-state index contributed by atoms with van der Waals surface area (Å²) in [5, 5.41) is 7.52. The first-order valence-corrected chi connectivity index (χ1v) is 10.0. The Labute approximate surface area is 185 Å². The van der Waals surface area contributed by atoms with Gasteiger partial charge in [0.1, 0.15) is 23.3 Å². The monoisotopic (exact) mass is 443 g/mol. The van der Waals surface area contributed by atoms with Gasteiger partial charge in [0.15, 0.2) is 0 Å². The summed E-state index contributed by atoms with van der Waals surface area (Å²) < 4.78 is 25.8. The molecule has 1 heterocycles. The van der Waals surface area contributed by atoms with Crippen LogP contribution in [0.5, 0.6) is 5.75 Å². The third kappa shape index (κ3) is 6.16. The van der Waals surface area contributed by atoms with Crippen molar-refractivity contribution in [3.05, 3.63) is 82.4 Å². The number of ether oxygens (including phenoxy) is 2. The van der Waals surface area contributed by atoms with Gasteiger partial charge in [-0.3, -0.25) is 4.79 Å². The van der Waals surface area contributed by atoms with Crippen molar-refractivity contribution in [2.75, 3.05) is 25.6 Å². The van der Waals surface area contributed by atoms with Gasteiger partial charge in [-0.15, -0.1) is 0 Å². The van der Waals surface area contributed by atoms with Gasteiger partial charge in [0.2, 0.25) is 5.91 Å². The van der Waals surface area contributed by atoms with E-state index < -0.39 is 11.7 Å². The Hall–Kier alpha value is -3.16. The molecule has 0 aliphatic carbocycles. The Morgan fingerprint density at radius 3 is 2.74 bits per heavy atom. The minimum atomic E-state index is -0.487. The second kappa shape index (κ2) is 10.7. The summed E-state index contributed by atoms with van der Waals surface area (Å²) >= 11 is 6.48. The lowest BCUT2D eigenvalue weighted by atomic mass is 10.2. The van der Waals surface area contributed by atoms with Crippen molar-refractivity contribution in [2.45, 2.75) is 13.5 Å². The molecular weight excluding hydrogens is 421 g/mol. The molecule has 0 aliphatic rings. The lowest BCUT2D eigenvalue weighted by Crippen LogP contribution is -2.11. The number of anilines is 1. The summed E-state index contributed by atoms with van der Waals surface area (Å²) in [6.45, 7) is 2.98. The molecule has 0 atom stereocenters. The van der Waals surface area contributed by atoms with Gasteiger partial charge < -0.3 is 14.8 Å². The molecule has 31 heavy (non-hydrogen) atoms. The van der Waals surface area contributed by atoms with Crippen LogP contribution in [0.3, 0.4) is 0 Å². The summed E-state index contributed by atoms with van der Waals surface area (Å²) in [6.07, 6.45) is 2.92. The number of nitrogens with one attached hydrogen (secondary N) is 1. The highest BCUT2D eigenvalue weighted by molar-refractivity contribution is 6.31. The molecule has 0 saturated heterocycles. The molecule has 6 nitrogen and oxygen atoms in total. The number of carbonyl (C=O) groups excluding carboxylic acids is 1. The highest BCUT2D eigenvalue weighted by atomic mass is 35.5. The van der Waals surface area contributed by atoms with Gasteiger partial charge in [-0.2, -0.15) is 5.10 Å². The zero-order valence-electron chi connectivity index (χ0n) is 17.3. The van der Waals surface area contributed by atoms with Gasteiger partial charge >= 0.3 is 0 Å². The van der Waals surface area contributed by atoms with Gasteiger partial charge in [-0.1, -0.05) is 41.9 Å². The maximum Gasteiger partial charge on any atom is 0.248 e. The smallest absolute Gasteiger partial charge is 0.248 e. The van der Waals surface area contributed by atoms with Crippen LogP contribution in [0.25, 0.3) is 6.08 Å². The van der Waals surface area contributed by atoms with Crippen LogP contribution in [-0.2, 0) is 16.1 Å². The number of aromatic nitrogens is 2. The molecule has 2 aromatic carbocycles. The maximum atomic E-state index is 13.6.